The molecule has 2 N–H and O–H groups in total. The van der Waals surface area contributed by atoms with Gasteiger partial charge in [-0.3, -0.25) is 0 Å². The van der Waals surface area contributed by atoms with Gasteiger partial charge in [0.1, 0.15) is 0 Å². The van der Waals surface area contributed by atoms with Gasteiger partial charge in [-0.05, 0) is 37.2 Å². The zero-order chi connectivity index (χ0) is 13.8. The molecule has 1 aromatic heterocycles. The smallest absolute Gasteiger partial charge is 0.228 e. The summed E-state index contributed by atoms with van der Waals surface area (Å²) in [6.45, 7) is 2.99. The van der Waals surface area contributed by atoms with Gasteiger partial charge in [0, 0.05) is 36.1 Å². The van der Waals surface area contributed by atoms with Crippen molar-refractivity contribution in [1.82, 2.24) is 20.8 Å². The van der Waals surface area contributed by atoms with E-state index < -0.39 is 0 Å². The molecule has 2 heterocycles. The third kappa shape index (κ3) is 3.36. The van der Waals surface area contributed by atoms with Gasteiger partial charge in [0.25, 0.3) is 0 Å². The number of rotatable bonds is 5. The Bertz CT molecular complexity index is 549. The predicted molar refractivity (Wildman–Crippen MR) is 77.7 cm³/mol. The highest BCUT2D eigenvalue weighted by atomic mass is 35.5. The van der Waals surface area contributed by atoms with Gasteiger partial charge in [-0.2, -0.15) is 4.98 Å². The van der Waals surface area contributed by atoms with Crippen molar-refractivity contribution in [2.45, 2.75) is 18.9 Å². The minimum absolute atomic E-state index is 0.564. The molecule has 1 aliphatic rings. The second kappa shape index (κ2) is 6.35. The summed E-state index contributed by atoms with van der Waals surface area (Å²) in [5, 5.41) is 11.5. The average Bonchev–Trinajstić information content (AvgIpc) is 3.11. The summed E-state index contributed by atoms with van der Waals surface area (Å²) >= 11 is 5.86. The summed E-state index contributed by atoms with van der Waals surface area (Å²) in [7, 11) is 0. The van der Waals surface area contributed by atoms with Gasteiger partial charge in [-0.15, -0.1) is 0 Å². The van der Waals surface area contributed by atoms with E-state index in [0.29, 0.717) is 22.8 Å². The molecule has 1 atom stereocenters. The predicted octanol–water partition coefficient (Wildman–Crippen LogP) is 1.88. The molecule has 0 saturated carbocycles. The molecule has 1 aromatic carbocycles. The zero-order valence-corrected chi connectivity index (χ0v) is 11.9. The van der Waals surface area contributed by atoms with Gasteiger partial charge < -0.3 is 15.2 Å². The SMILES string of the molecule is Clc1ccc(-c2noc(CCNC3CCNC3)n2)cc1. The quantitative estimate of drug-likeness (QED) is 0.881. The van der Waals surface area contributed by atoms with Gasteiger partial charge in [0.2, 0.25) is 11.7 Å². The van der Waals surface area contributed by atoms with Crippen LogP contribution < -0.4 is 10.6 Å². The van der Waals surface area contributed by atoms with E-state index in [0.717, 1.165) is 31.6 Å². The second-order valence-electron chi connectivity index (χ2n) is 4.91. The molecule has 106 valence electrons. The summed E-state index contributed by atoms with van der Waals surface area (Å²) in [4.78, 5) is 4.40. The van der Waals surface area contributed by atoms with Crippen LogP contribution in [-0.2, 0) is 6.42 Å². The fraction of sp³-hybridized carbons (Fsp3) is 0.429. The molecule has 20 heavy (non-hydrogen) atoms. The first-order valence-electron chi connectivity index (χ1n) is 6.84. The first-order valence-corrected chi connectivity index (χ1v) is 7.22. The number of hydrogen-bond donors (Lipinski definition) is 2. The molecule has 1 fully saturated rings. The van der Waals surface area contributed by atoms with Crippen LogP contribution in [0.15, 0.2) is 28.8 Å². The van der Waals surface area contributed by atoms with E-state index in [1.165, 1.54) is 6.42 Å². The van der Waals surface area contributed by atoms with Crippen molar-refractivity contribution in [2.75, 3.05) is 19.6 Å². The Morgan fingerprint density at radius 1 is 1.35 bits per heavy atom. The molecule has 1 saturated heterocycles. The summed E-state index contributed by atoms with van der Waals surface area (Å²) in [6.07, 6.45) is 1.93. The minimum atomic E-state index is 0.564. The number of halogens is 1. The summed E-state index contributed by atoms with van der Waals surface area (Å²) in [5.41, 5.74) is 0.914. The Balaban J connectivity index is 1.55. The van der Waals surface area contributed by atoms with Gasteiger partial charge in [0.05, 0.1) is 0 Å². The van der Waals surface area contributed by atoms with Crippen molar-refractivity contribution in [1.29, 1.82) is 0 Å². The molecule has 1 aliphatic heterocycles. The van der Waals surface area contributed by atoms with Crippen LogP contribution in [0.5, 0.6) is 0 Å². The molecule has 0 aliphatic carbocycles. The van der Waals surface area contributed by atoms with Crippen LogP contribution in [0.2, 0.25) is 5.02 Å². The molecule has 0 bridgehead atoms. The summed E-state index contributed by atoms with van der Waals surface area (Å²) in [6, 6.07) is 7.98. The van der Waals surface area contributed by atoms with Crippen LogP contribution in [0.3, 0.4) is 0 Å². The highest BCUT2D eigenvalue weighted by Crippen LogP contribution is 2.18. The number of benzene rings is 1. The lowest BCUT2D eigenvalue weighted by atomic mass is 10.2. The van der Waals surface area contributed by atoms with Crippen LogP contribution in [0, 0.1) is 0 Å². The third-order valence-corrected chi connectivity index (χ3v) is 3.65. The fourth-order valence-corrected chi connectivity index (χ4v) is 2.41. The van der Waals surface area contributed by atoms with E-state index in [4.69, 9.17) is 16.1 Å². The number of nitrogens with one attached hydrogen (secondary N) is 2. The van der Waals surface area contributed by atoms with Crippen molar-refractivity contribution >= 4 is 11.6 Å². The number of hydrogen-bond acceptors (Lipinski definition) is 5. The van der Waals surface area contributed by atoms with Crippen LogP contribution in [-0.4, -0.2) is 35.8 Å². The van der Waals surface area contributed by atoms with Crippen molar-refractivity contribution in [3.63, 3.8) is 0 Å². The molecule has 5 nitrogen and oxygen atoms in total. The first-order chi connectivity index (χ1) is 9.81. The van der Waals surface area contributed by atoms with E-state index in [1.54, 1.807) is 0 Å². The molecular formula is C14H17ClN4O. The zero-order valence-electron chi connectivity index (χ0n) is 11.1. The van der Waals surface area contributed by atoms with E-state index in [1.807, 2.05) is 24.3 Å². The molecule has 3 rings (SSSR count). The lowest BCUT2D eigenvalue weighted by molar-refractivity contribution is 0.373. The lowest BCUT2D eigenvalue weighted by Crippen LogP contribution is -2.32. The van der Waals surface area contributed by atoms with Crippen LogP contribution >= 0.6 is 11.6 Å². The van der Waals surface area contributed by atoms with E-state index in [-0.39, 0.29) is 0 Å². The molecule has 0 radical (unpaired) electrons. The number of aromatic nitrogens is 2. The van der Waals surface area contributed by atoms with E-state index in [2.05, 4.69) is 20.8 Å². The molecular weight excluding hydrogens is 276 g/mol. The van der Waals surface area contributed by atoms with Crippen LogP contribution in [0.4, 0.5) is 0 Å². The molecule has 1 unspecified atom stereocenters. The van der Waals surface area contributed by atoms with Gasteiger partial charge in [-0.1, -0.05) is 16.8 Å². The maximum absolute atomic E-state index is 5.86. The summed E-state index contributed by atoms with van der Waals surface area (Å²) in [5.74, 6) is 1.27. The Morgan fingerprint density at radius 2 is 2.20 bits per heavy atom. The molecule has 0 spiro atoms. The maximum Gasteiger partial charge on any atom is 0.228 e. The third-order valence-electron chi connectivity index (χ3n) is 3.40. The lowest BCUT2D eigenvalue weighted by Gasteiger charge is -2.08. The molecule has 0 amide bonds. The topological polar surface area (TPSA) is 63.0 Å². The highest BCUT2D eigenvalue weighted by molar-refractivity contribution is 6.30. The monoisotopic (exact) mass is 292 g/mol. The largest absolute Gasteiger partial charge is 0.339 e. The van der Waals surface area contributed by atoms with Crippen molar-refractivity contribution in [3.05, 3.63) is 35.2 Å². The highest BCUT2D eigenvalue weighted by Gasteiger charge is 2.14. The Morgan fingerprint density at radius 3 is 2.95 bits per heavy atom. The van der Waals surface area contributed by atoms with Gasteiger partial charge >= 0.3 is 0 Å². The number of nitrogens with zero attached hydrogens (tertiary/aromatic N) is 2. The van der Waals surface area contributed by atoms with Gasteiger partial charge in [0.15, 0.2) is 0 Å². The Labute approximate surface area is 122 Å². The minimum Gasteiger partial charge on any atom is -0.339 e. The van der Waals surface area contributed by atoms with Crippen molar-refractivity contribution in [3.8, 4) is 11.4 Å². The van der Waals surface area contributed by atoms with Crippen molar-refractivity contribution < 1.29 is 4.52 Å². The van der Waals surface area contributed by atoms with Crippen LogP contribution in [0.25, 0.3) is 11.4 Å². The summed E-state index contributed by atoms with van der Waals surface area (Å²) < 4.78 is 5.26. The first kappa shape index (κ1) is 13.5. The van der Waals surface area contributed by atoms with E-state index in [9.17, 15) is 0 Å². The van der Waals surface area contributed by atoms with E-state index >= 15 is 0 Å². The Hall–Kier alpha value is -1.43. The van der Waals surface area contributed by atoms with Crippen molar-refractivity contribution in [2.24, 2.45) is 0 Å². The average molecular weight is 293 g/mol. The maximum atomic E-state index is 5.86. The Kier molecular flexibility index (Phi) is 4.30. The molecule has 2 aromatic rings. The standard InChI is InChI=1S/C14H17ClN4O/c15-11-3-1-10(2-4-11)14-18-13(20-19-14)6-8-17-12-5-7-16-9-12/h1-4,12,16-17H,5-9H2. The van der Waals surface area contributed by atoms with Gasteiger partial charge in [-0.25, -0.2) is 0 Å². The second-order valence-corrected chi connectivity index (χ2v) is 5.35. The normalized spacial score (nSPS) is 18.6. The fourth-order valence-electron chi connectivity index (χ4n) is 2.28. The molecule has 6 heteroatoms. The van der Waals surface area contributed by atoms with Crippen LogP contribution in [0.1, 0.15) is 12.3 Å².